The minimum Gasteiger partial charge on any atom is -0.506 e. The van der Waals surface area contributed by atoms with Gasteiger partial charge in [0.05, 0.1) is 17.1 Å². The van der Waals surface area contributed by atoms with Gasteiger partial charge in [0, 0.05) is 6.07 Å². The normalized spacial score (nSPS) is 13.5. The lowest BCUT2D eigenvalue weighted by atomic mass is 10.1. The van der Waals surface area contributed by atoms with Gasteiger partial charge in [-0.2, -0.15) is 0 Å². The third kappa shape index (κ3) is 2.16. The van der Waals surface area contributed by atoms with E-state index in [0.29, 0.717) is 24.7 Å². The monoisotopic (exact) mass is 257 g/mol. The van der Waals surface area contributed by atoms with Crippen molar-refractivity contribution in [3.05, 3.63) is 16.7 Å². The van der Waals surface area contributed by atoms with Crippen LogP contribution in [0.2, 0.25) is 5.02 Å². The van der Waals surface area contributed by atoms with Gasteiger partial charge in [0.15, 0.2) is 17.3 Å². The van der Waals surface area contributed by atoms with Gasteiger partial charge in [-0.15, -0.1) is 0 Å². The summed E-state index contributed by atoms with van der Waals surface area (Å²) in [5.74, 6) is 0.211. The van der Waals surface area contributed by atoms with E-state index in [9.17, 15) is 9.90 Å². The van der Waals surface area contributed by atoms with Gasteiger partial charge in [0.25, 0.3) is 0 Å². The Hall–Kier alpha value is -1.46. The predicted octanol–water partition coefficient (Wildman–Crippen LogP) is 1.22. The van der Waals surface area contributed by atoms with E-state index in [1.807, 2.05) is 0 Å². The van der Waals surface area contributed by atoms with Gasteiger partial charge in [0.2, 0.25) is 0 Å². The summed E-state index contributed by atoms with van der Waals surface area (Å²) in [6.45, 7) is 0.848. The van der Waals surface area contributed by atoms with E-state index in [4.69, 9.17) is 21.1 Å². The van der Waals surface area contributed by atoms with E-state index in [0.717, 1.165) is 0 Å². The van der Waals surface area contributed by atoms with Gasteiger partial charge in [-0.05, 0) is 7.05 Å². The molecule has 0 radical (unpaired) electrons. The largest absolute Gasteiger partial charge is 0.506 e. The molecule has 5 nitrogen and oxygen atoms in total. The minimum atomic E-state index is -0.254. The maximum atomic E-state index is 11.9. The van der Waals surface area contributed by atoms with Gasteiger partial charge in [0.1, 0.15) is 19.0 Å². The highest BCUT2D eigenvalue weighted by Crippen LogP contribution is 2.43. The van der Waals surface area contributed by atoms with Crippen molar-refractivity contribution in [2.24, 2.45) is 0 Å². The summed E-state index contributed by atoms with van der Waals surface area (Å²) in [6.07, 6.45) is 0. The third-order valence-corrected chi connectivity index (χ3v) is 2.75. The zero-order valence-electron chi connectivity index (χ0n) is 9.25. The van der Waals surface area contributed by atoms with E-state index in [2.05, 4.69) is 5.32 Å². The maximum absolute atomic E-state index is 11.9. The summed E-state index contributed by atoms with van der Waals surface area (Å²) < 4.78 is 10.7. The number of rotatable bonds is 3. The molecule has 92 valence electrons. The average Bonchev–Trinajstić information content (AvgIpc) is 2.31. The molecule has 0 saturated carbocycles. The summed E-state index contributed by atoms with van der Waals surface area (Å²) >= 11 is 5.93. The first-order valence-electron chi connectivity index (χ1n) is 5.14. The number of hydrogen-bond acceptors (Lipinski definition) is 5. The number of ketones is 1. The number of aromatic hydroxyl groups is 1. The zero-order chi connectivity index (χ0) is 12.4. The van der Waals surface area contributed by atoms with Crippen LogP contribution >= 0.6 is 11.6 Å². The van der Waals surface area contributed by atoms with Gasteiger partial charge < -0.3 is 19.9 Å². The second kappa shape index (κ2) is 4.81. The highest BCUT2D eigenvalue weighted by Gasteiger charge is 2.26. The summed E-state index contributed by atoms with van der Waals surface area (Å²) in [6, 6.07) is 1.35. The van der Waals surface area contributed by atoms with Crippen molar-refractivity contribution in [1.82, 2.24) is 5.32 Å². The molecule has 0 amide bonds. The molecule has 2 N–H and O–H groups in total. The molecule has 0 fully saturated rings. The maximum Gasteiger partial charge on any atom is 0.182 e. The van der Waals surface area contributed by atoms with Crippen molar-refractivity contribution in [2.45, 2.75) is 0 Å². The van der Waals surface area contributed by atoms with E-state index in [1.165, 1.54) is 6.07 Å². The van der Waals surface area contributed by atoms with Crippen LogP contribution in [0.4, 0.5) is 0 Å². The van der Waals surface area contributed by atoms with Crippen molar-refractivity contribution in [3.8, 4) is 17.2 Å². The predicted molar refractivity (Wildman–Crippen MR) is 62.4 cm³/mol. The lowest BCUT2D eigenvalue weighted by Gasteiger charge is -2.21. The Bertz CT molecular complexity index is 461. The molecule has 1 aliphatic rings. The number of carbonyl (C=O) groups is 1. The van der Waals surface area contributed by atoms with Crippen LogP contribution in [0.25, 0.3) is 0 Å². The first-order valence-corrected chi connectivity index (χ1v) is 5.51. The second-order valence-corrected chi connectivity index (χ2v) is 3.94. The number of ether oxygens (including phenoxy) is 2. The standard InChI is InChI=1S/C11H12ClNO4/c1-13-5-7(15)9-10(12)6(14)4-8-11(9)17-3-2-16-8/h4,13-14H,2-3,5H2,1H3. The van der Waals surface area contributed by atoms with Gasteiger partial charge >= 0.3 is 0 Å². The van der Waals surface area contributed by atoms with Crippen LogP contribution in [0.3, 0.4) is 0 Å². The van der Waals surface area contributed by atoms with Crippen molar-refractivity contribution < 1.29 is 19.4 Å². The quantitative estimate of drug-likeness (QED) is 0.797. The van der Waals surface area contributed by atoms with Crippen LogP contribution in [-0.2, 0) is 0 Å². The highest BCUT2D eigenvalue weighted by atomic mass is 35.5. The van der Waals surface area contributed by atoms with Crippen molar-refractivity contribution in [1.29, 1.82) is 0 Å². The molecule has 0 atom stereocenters. The second-order valence-electron chi connectivity index (χ2n) is 3.56. The molecule has 0 saturated heterocycles. The number of halogens is 1. The fraction of sp³-hybridized carbons (Fsp3) is 0.364. The topological polar surface area (TPSA) is 67.8 Å². The first kappa shape index (κ1) is 12.0. The molecule has 1 heterocycles. The highest BCUT2D eigenvalue weighted by molar-refractivity contribution is 6.36. The number of Topliss-reactive ketones (excluding diaryl/α,β-unsaturated/α-hetero) is 1. The molecule has 0 spiro atoms. The SMILES string of the molecule is CNCC(=O)c1c(Cl)c(O)cc2c1OCCO2. The lowest BCUT2D eigenvalue weighted by molar-refractivity contribution is 0.0982. The fourth-order valence-corrected chi connectivity index (χ4v) is 1.89. The molecule has 0 unspecified atom stereocenters. The Labute approximate surface area is 103 Å². The number of phenolic OH excluding ortho intramolecular Hbond substituents is 1. The number of benzene rings is 1. The summed E-state index contributed by atoms with van der Waals surface area (Å²) in [7, 11) is 1.65. The Morgan fingerprint density at radius 1 is 1.53 bits per heavy atom. The van der Waals surface area contributed by atoms with Crippen molar-refractivity contribution in [2.75, 3.05) is 26.8 Å². The summed E-state index contributed by atoms with van der Waals surface area (Å²) in [5, 5.41) is 12.4. The van der Waals surface area contributed by atoms with Gasteiger partial charge in [-0.25, -0.2) is 0 Å². The first-order chi connectivity index (χ1) is 8.15. The number of hydrogen-bond donors (Lipinski definition) is 2. The molecule has 0 bridgehead atoms. The van der Waals surface area contributed by atoms with Gasteiger partial charge in [-0.3, -0.25) is 4.79 Å². The van der Waals surface area contributed by atoms with E-state index >= 15 is 0 Å². The van der Waals surface area contributed by atoms with Crippen molar-refractivity contribution in [3.63, 3.8) is 0 Å². The smallest absolute Gasteiger partial charge is 0.182 e. The minimum absolute atomic E-state index is 0.00509. The lowest BCUT2D eigenvalue weighted by Crippen LogP contribution is -2.22. The number of phenols is 1. The fourth-order valence-electron chi connectivity index (χ4n) is 1.65. The van der Waals surface area contributed by atoms with Crippen LogP contribution < -0.4 is 14.8 Å². The van der Waals surface area contributed by atoms with E-state index < -0.39 is 0 Å². The Morgan fingerprint density at radius 2 is 2.24 bits per heavy atom. The number of carbonyl (C=O) groups excluding carboxylic acids is 1. The van der Waals surface area contributed by atoms with E-state index in [1.54, 1.807) is 7.05 Å². The molecular weight excluding hydrogens is 246 g/mol. The van der Waals surface area contributed by atoms with Crippen LogP contribution in [0.1, 0.15) is 10.4 Å². The molecule has 0 aliphatic carbocycles. The molecular formula is C11H12ClNO4. The molecule has 1 aromatic rings. The molecule has 1 aliphatic heterocycles. The molecule has 0 aromatic heterocycles. The summed E-state index contributed by atoms with van der Waals surface area (Å²) in [5.41, 5.74) is 0.163. The molecule has 2 rings (SSSR count). The van der Waals surface area contributed by atoms with Gasteiger partial charge in [-0.1, -0.05) is 11.6 Å². The average molecular weight is 258 g/mol. The van der Waals surface area contributed by atoms with E-state index in [-0.39, 0.29) is 28.7 Å². The third-order valence-electron chi connectivity index (χ3n) is 2.37. The van der Waals surface area contributed by atoms with Crippen LogP contribution in [-0.4, -0.2) is 37.7 Å². The Kier molecular flexibility index (Phi) is 3.40. The van der Waals surface area contributed by atoms with Crippen LogP contribution in [0.15, 0.2) is 6.07 Å². The number of likely N-dealkylation sites (N-methyl/N-ethyl adjacent to an activating group) is 1. The van der Waals surface area contributed by atoms with Crippen LogP contribution in [0, 0.1) is 0 Å². The van der Waals surface area contributed by atoms with Crippen LogP contribution in [0.5, 0.6) is 17.2 Å². The van der Waals surface area contributed by atoms with Crippen molar-refractivity contribution >= 4 is 17.4 Å². The Morgan fingerprint density at radius 3 is 2.94 bits per heavy atom. The Balaban J connectivity index is 2.54. The molecule has 6 heteroatoms. The zero-order valence-corrected chi connectivity index (χ0v) is 10.0. The molecule has 17 heavy (non-hydrogen) atoms. The number of nitrogens with one attached hydrogen (secondary N) is 1. The number of fused-ring (bicyclic) bond motifs is 1. The molecule has 1 aromatic carbocycles. The summed E-state index contributed by atoms with van der Waals surface area (Å²) in [4.78, 5) is 11.9.